The van der Waals surface area contributed by atoms with E-state index in [4.69, 9.17) is 18.9 Å². The summed E-state index contributed by atoms with van der Waals surface area (Å²) in [7, 11) is 3.24. The van der Waals surface area contributed by atoms with E-state index in [1.165, 1.54) is 0 Å². The lowest BCUT2D eigenvalue weighted by Crippen LogP contribution is -2.43. The van der Waals surface area contributed by atoms with E-state index in [1.807, 2.05) is 36.4 Å². The number of amides is 1. The first kappa shape index (κ1) is 20.1. The van der Waals surface area contributed by atoms with Gasteiger partial charge >= 0.3 is 0 Å². The van der Waals surface area contributed by atoms with Gasteiger partial charge in [-0.25, -0.2) is 0 Å². The smallest absolute Gasteiger partial charge is 0.244 e. The maximum Gasteiger partial charge on any atom is 0.244 e. The first-order chi connectivity index (χ1) is 14.6. The van der Waals surface area contributed by atoms with Crippen molar-refractivity contribution in [3.05, 3.63) is 53.6 Å². The molecule has 2 aliphatic rings. The standard InChI is InChI=1S/C24H27NO5/c1-27-19-8-6-18(7-9-19)24(11-3-4-12-24)25-22(26)10-5-17-15-20(28-2)23-21(16-17)29-13-14-30-23/h5-10,15-16H,3-4,11-14H2,1-2H3,(H,25,26). The first-order valence-corrected chi connectivity index (χ1v) is 10.3. The number of nitrogens with one attached hydrogen (secondary N) is 1. The van der Waals surface area contributed by atoms with E-state index < -0.39 is 0 Å². The molecule has 0 radical (unpaired) electrons. The molecule has 0 atom stereocenters. The van der Waals surface area contributed by atoms with Gasteiger partial charge in [-0.05, 0) is 54.3 Å². The molecule has 0 aromatic heterocycles. The zero-order chi connectivity index (χ0) is 21.0. The fraction of sp³-hybridized carbons (Fsp3) is 0.375. The molecule has 1 saturated carbocycles. The molecule has 30 heavy (non-hydrogen) atoms. The fourth-order valence-electron chi connectivity index (χ4n) is 4.21. The second-order valence-corrected chi connectivity index (χ2v) is 7.59. The highest BCUT2D eigenvalue weighted by molar-refractivity contribution is 5.92. The zero-order valence-corrected chi connectivity index (χ0v) is 17.4. The van der Waals surface area contributed by atoms with Crippen LogP contribution in [0.25, 0.3) is 6.08 Å². The summed E-state index contributed by atoms with van der Waals surface area (Å²) in [4.78, 5) is 12.8. The van der Waals surface area contributed by atoms with Crippen LogP contribution < -0.4 is 24.3 Å². The van der Waals surface area contributed by atoms with E-state index in [1.54, 1.807) is 26.4 Å². The van der Waals surface area contributed by atoms with Gasteiger partial charge in [-0.2, -0.15) is 0 Å². The van der Waals surface area contributed by atoms with Crippen molar-refractivity contribution in [1.82, 2.24) is 5.32 Å². The van der Waals surface area contributed by atoms with Crippen molar-refractivity contribution in [3.63, 3.8) is 0 Å². The van der Waals surface area contributed by atoms with E-state index in [9.17, 15) is 4.79 Å². The molecule has 4 rings (SSSR count). The third kappa shape index (κ3) is 4.08. The number of ether oxygens (including phenoxy) is 4. The quantitative estimate of drug-likeness (QED) is 0.729. The zero-order valence-electron chi connectivity index (χ0n) is 17.4. The Bertz CT molecular complexity index is 912. The summed E-state index contributed by atoms with van der Waals surface area (Å²) in [6.07, 6.45) is 7.37. The number of methoxy groups -OCH3 is 2. The minimum atomic E-state index is -0.335. The molecule has 1 aliphatic carbocycles. The van der Waals surface area contributed by atoms with Gasteiger partial charge in [0.1, 0.15) is 19.0 Å². The highest BCUT2D eigenvalue weighted by Crippen LogP contribution is 2.41. The van der Waals surface area contributed by atoms with Crippen LogP contribution in [0.3, 0.4) is 0 Å². The lowest BCUT2D eigenvalue weighted by molar-refractivity contribution is -0.118. The van der Waals surface area contributed by atoms with Crippen LogP contribution >= 0.6 is 0 Å². The van der Waals surface area contributed by atoms with Crippen molar-refractivity contribution >= 4 is 12.0 Å². The monoisotopic (exact) mass is 409 g/mol. The minimum Gasteiger partial charge on any atom is -0.497 e. The number of hydrogen-bond donors (Lipinski definition) is 1. The van der Waals surface area contributed by atoms with E-state index >= 15 is 0 Å². The number of hydrogen-bond acceptors (Lipinski definition) is 5. The van der Waals surface area contributed by atoms with Crippen LogP contribution in [-0.2, 0) is 10.3 Å². The molecule has 0 unspecified atom stereocenters. The van der Waals surface area contributed by atoms with Gasteiger partial charge in [0.2, 0.25) is 11.7 Å². The molecule has 1 N–H and O–H groups in total. The van der Waals surface area contributed by atoms with Crippen molar-refractivity contribution in [3.8, 4) is 23.0 Å². The van der Waals surface area contributed by atoms with Gasteiger partial charge in [-0.1, -0.05) is 25.0 Å². The lowest BCUT2D eigenvalue weighted by Gasteiger charge is -2.30. The molecule has 158 valence electrons. The Hall–Kier alpha value is -3.15. The molecular formula is C24H27NO5. The molecule has 1 aliphatic heterocycles. The second kappa shape index (κ2) is 8.69. The van der Waals surface area contributed by atoms with Crippen LogP contribution in [0, 0.1) is 0 Å². The predicted molar refractivity (Wildman–Crippen MR) is 114 cm³/mol. The summed E-state index contributed by atoms with van der Waals surface area (Å²) in [5.74, 6) is 2.52. The summed E-state index contributed by atoms with van der Waals surface area (Å²) in [6, 6.07) is 11.7. The van der Waals surface area contributed by atoms with E-state index in [0.717, 1.165) is 42.6 Å². The van der Waals surface area contributed by atoms with Gasteiger partial charge in [0.25, 0.3) is 0 Å². The average molecular weight is 409 g/mol. The third-order valence-corrected chi connectivity index (χ3v) is 5.74. The Balaban J connectivity index is 1.52. The number of benzene rings is 2. The molecule has 1 fully saturated rings. The summed E-state index contributed by atoms with van der Waals surface area (Å²) in [5, 5.41) is 3.25. The van der Waals surface area contributed by atoms with E-state index in [0.29, 0.717) is 30.5 Å². The molecule has 2 aromatic rings. The Morgan fingerprint density at radius 1 is 1.03 bits per heavy atom. The number of carbonyl (C=O) groups is 1. The molecule has 0 spiro atoms. The molecule has 6 nitrogen and oxygen atoms in total. The molecule has 2 aromatic carbocycles. The Morgan fingerprint density at radius 2 is 1.77 bits per heavy atom. The van der Waals surface area contributed by atoms with E-state index in [-0.39, 0.29) is 11.4 Å². The molecule has 1 heterocycles. The highest BCUT2D eigenvalue weighted by Gasteiger charge is 2.36. The van der Waals surface area contributed by atoms with Gasteiger partial charge in [-0.15, -0.1) is 0 Å². The Morgan fingerprint density at radius 3 is 2.47 bits per heavy atom. The summed E-state index contributed by atoms with van der Waals surface area (Å²) >= 11 is 0. The second-order valence-electron chi connectivity index (χ2n) is 7.59. The van der Waals surface area contributed by atoms with Gasteiger partial charge < -0.3 is 24.3 Å². The fourth-order valence-corrected chi connectivity index (χ4v) is 4.21. The van der Waals surface area contributed by atoms with Gasteiger partial charge in [0, 0.05) is 6.08 Å². The Labute approximate surface area is 176 Å². The van der Waals surface area contributed by atoms with Crippen molar-refractivity contribution < 1.29 is 23.7 Å². The van der Waals surface area contributed by atoms with Gasteiger partial charge in [0.05, 0.1) is 19.8 Å². The normalized spacial score (nSPS) is 17.0. The Kier molecular flexibility index (Phi) is 5.84. The number of rotatable bonds is 6. The van der Waals surface area contributed by atoms with Crippen molar-refractivity contribution in [2.45, 2.75) is 31.2 Å². The third-order valence-electron chi connectivity index (χ3n) is 5.74. The average Bonchev–Trinajstić information content (AvgIpc) is 3.26. The minimum absolute atomic E-state index is 0.124. The topological polar surface area (TPSA) is 66.0 Å². The SMILES string of the molecule is COc1ccc(C2(NC(=O)C=Cc3cc(OC)c4c(c3)OCCO4)CCCC2)cc1. The van der Waals surface area contributed by atoms with Crippen LogP contribution in [0.4, 0.5) is 0 Å². The number of fused-ring (bicyclic) bond motifs is 1. The molecule has 0 bridgehead atoms. The molecule has 0 saturated heterocycles. The van der Waals surface area contributed by atoms with Crippen molar-refractivity contribution in [2.75, 3.05) is 27.4 Å². The summed E-state index contributed by atoms with van der Waals surface area (Å²) < 4.78 is 22.0. The van der Waals surface area contributed by atoms with Crippen LogP contribution in [-0.4, -0.2) is 33.3 Å². The van der Waals surface area contributed by atoms with Crippen LogP contribution in [0.1, 0.15) is 36.8 Å². The molecule has 1 amide bonds. The summed E-state index contributed by atoms with van der Waals surface area (Å²) in [5.41, 5.74) is 1.60. The maximum atomic E-state index is 12.8. The van der Waals surface area contributed by atoms with Gasteiger partial charge in [0.15, 0.2) is 11.5 Å². The predicted octanol–water partition coefficient (Wildman–Crippen LogP) is 4.07. The van der Waals surface area contributed by atoms with Crippen molar-refractivity contribution in [1.29, 1.82) is 0 Å². The highest BCUT2D eigenvalue weighted by atomic mass is 16.6. The lowest BCUT2D eigenvalue weighted by atomic mass is 9.88. The van der Waals surface area contributed by atoms with Crippen LogP contribution in [0.2, 0.25) is 0 Å². The summed E-state index contributed by atoms with van der Waals surface area (Å²) in [6.45, 7) is 0.989. The van der Waals surface area contributed by atoms with Gasteiger partial charge in [-0.3, -0.25) is 4.79 Å². The maximum absolute atomic E-state index is 12.8. The first-order valence-electron chi connectivity index (χ1n) is 10.3. The molecular weight excluding hydrogens is 382 g/mol. The van der Waals surface area contributed by atoms with Crippen LogP contribution in [0.15, 0.2) is 42.5 Å². The molecule has 6 heteroatoms. The van der Waals surface area contributed by atoms with Crippen molar-refractivity contribution in [2.24, 2.45) is 0 Å². The number of carbonyl (C=O) groups excluding carboxylic acids is 1. The van der Waals surface area contributed by atoms with E-state index in [2.05, 4.69) is 5.32 Å². The largest absolute Gasteiger partial charge is 0.497 e. The van der Waals surface area contributed by atoms with Crippen LogP contribution in [0.5, 0.6) is 23.0 Å².